The van der Waals surface area contributed by atoms with Crippen molar-refractivity contribution in [2.24, 2.45) is 5.92 Å². The normalized spacial score (nSPS) is 26.4. The topological polar surface area (TPSA) is 45.4 Å². The predicted molar refractivity (Wildman–Crippen MR) is 85.6 cm³/mol. The van der Waals surface area contributed by atoms with Crippen LogP contribution in [0.1, 0.15) is 30.0 Å². The number of hydrogen-bond acceptors (Lipinski definition) is 6. The second-order valence-electron chi connectivity index (χ2n) is 6.64. The van der Waals surface area contributed by atoms with Crippen molar-refractivity contribution in [1.29, 1.82) is 0 Å². The molecule has 5 rings (SSSR count). The molecule has 2 aromatic rings. The Bertz CT molecular complexity index is 611. The van der Waals surface area contributed by atoms with Gasteiger partial charge in [-0.1, -0.05) is 5.16 Å². The molecule has 22 heavy (non-hydrogen) atoms. The summed E-state index contributed by atoms with van der Waals surface area (Å²) in [6, 6.07) is 2.69. The number of aromatic nitrogens is 2. The second-order valence-corrected chi connectivity index (χ2v) is 7.35. The minimum absolute atomic E-state index is 0.628. The van der Waals surface area contributed by atoms with Crippen LogP contribution in [0, 0.1) is 12.8 Å². The molecule has 0 spiro atoms. The van der Waals surface area contributed by atoms with E-state index in [1.54, 1.807) is 11.3 Å². The van der Waals surface area contributed by atoms with Crippen molar-refractivity contribution in [3.63, 3.8) is 0 Å². The van der Waals surface area contributed by atoms with Crippen LogP contribution in [0.2, 0.25) is 0 Å². The first-order valence-electron chi connectivity index (χ1n) is 8.02. The van der Waals surface area contributed by atoms with E-state index in [1.807, 2.05) is 12.4 Å². The molecule has 3 aliphatic rings. The average Bonchev–Trinajstić information content (AvgIpc) is 3.05. The highest BCUT2D eigenvalue weighted by atomic mass is 32.1. The molecule has 5 nitrogen and oxygen atoms in total. The molecule has 3 aliphatic heterocycles. The van der Waals surface area contributed by atoms with Gasteiger partial charge in [0.2, 0.25) is 0 Å². The Morgan fingerprint density at radius 2 is 2.23 bits per heavy atom. The van der Waals surface area contributed by atoms with Gasteiger partial charge in [0.15, 0.2) is 5.76 Å². The van der Waals surface area contributed by atoms with Crippen molar-refractivity contribution >= 4 is 11.3 Å². The van der Waals surface area contributed by atoms with E-state index < -0.39 is 0 Å². The van der Waals surface area contributed by atoms with Gasteiger partial charge in [0.05, 0.1) is 23.4 Å². The van der Waals surface area contributed by atoms with Crippen molar-refractivity contribution in [3.05, 3.63) is 34.1 Å². The second kappa shape index (κ2) is 6.10. The zero-order valence-electron chi connectivity index (χ0n) is 12.9. The fraction of sp³-hybridized carbons (Fsp3) is 0.625. The molecule has 0 radical (unpaired) electrons. The Hall–Kier alpha value is -1.24. The molecule has 0 amide bonds. The van der Waals surface area contributed by atoms with Gasteiger partial charge >= 0.3 is 0 Å². The number of nitrogens with zero attached hydrogens (tertiary/aromatic N) is 4. The molecule has 2 atom stereocenters. The summed E-state index contributed by atoms with van der Waals surface area (Å²) in [5, 5.41) is 6.18. The third-order valence-electron chi connectivity index (χ3n) is 4.81. The van der Waals surface area contributed by atoms with Gasteiger partial charge in [0.1, 0.15) is 0 Å². The highest BCUT2D eigenvalue weighted by molar-refractivity contribution is 7.07. The quantitative estimate of drug-likeness (QED) is 0.867. The van der Waals surface area contributed by atoms with E-state index in [2.05, 4.69) is 31.4 Å². The van der Waals surface area contributed by atoms with E-state index in [4.69, 9.17) is 4.52 Å². The smallest absolute Gasteiger partial charge is 0.150 e. The number of aryl methyl sites for hydroxylation is 1. The number of fused-ring (bicyclic) bond motifs is 4. The maximum absolute atomic E-state index is 5.41. The molecule has 3 saturated heterocycles. The van der Waals surface area contributed by atoms with Crippen molar-refractivity contribution in [1.82, 2.24) is 19.9 Å². The summed E-state index contributed by atoms with van der Waals surface area (Å²) in [7, 11) is 0. The van der Waals surface area contributed by atoms with Gasteiger partial charge in [0.25, 0.3) is 0 Å². The summed E-state index contributed by atoms with van der Waals surface area (Å²) in [5.41, 5.74) is 4.11. The maximum atomic E-state index is 5.41. The third-order valence-corrected chi connectivity index (χ3v) is 5.44. The fourth-order valence-electron chi connectivity index (χ4n) is 3.83. The first-order valence-corrected chi connectivity index (χ1v) is 8.96. The molecule has 2 bridgehead atoms. The molecule has 5 heterocycles. The van der Waals surface area contributed by atoms with E-state index in [0.29, 0.717) is 6.04 Å². The fourth-order valence-corrected chi connectivity index (χ4v) is 4.38. The minimum atomic E-state index is 0.628. The van der Waals surface area contributed by atoms with Crippen molar-refractivity contribution in [2.75, 3.05) is 19.6 Å². The summed E-state index contributed by atoms with van der Waals surface area (Å²) in [6.07, 6.45) is 2.65. The molecule has 0 N–H and O–H groups in total. The molecule has 2 unspecified atom stereocenters. The standard InChI is InChI=1S/C16H22N4OS/c1-12-4-16(21-18-12)9-20-6-13-2-3-15(20)8-19(5-13)7-14-10-22-11-17-14/h4,10-11,13,15H,2-3,5-9H2,1H3. The first-order chi connectivity index (χ1) is 10.8. The Morgan fingerprint density at radius 1 is 1.27 bits per heavy atom. The first kappa shape index (κ1) is 14.4. The summed E-state index contributed by atoms with van der Waals surface area (Å²) in [6.45, 7) is 7.38. The number of thiazole rings is 1. The van der Waals surface area contributed by atoms with Crippen LogP contribution in [0.5, 0.6) is 0 Å². The van der Waals surface area contributed by atoms with Gasteiger partial charge in [-0.05, 0) is 25.7 Å². The van der Waals surface area contributed by atoms with Crippen molar-refractivity contribution < 1.29 is 4.52 Å². The Kier molecular flexibility index (Phi) is 3.98. The molecule has 0 aliphatic carbocycles. The largest absolute Gasteiger partial charge is 0.360 e. The Balaban J connectivity index is 1.44. The van der Waals surface area contributed by atoms with E-state index in [9.17, 15) is 0 Å². The van der Waals surface area contributed by atoms with Crippen molar-refractivity contribution in [2.45, 2.75) is 38.9 Å². The minimum Gasteiger partial charge on any atom is -0.360 e. The molecular weight excluding hydrogens is 296 g/mol. The lowest BCUT2D eigenvalue weighted by molar-refractivity contribution is 0.111. The van der Waals surface area contributed by atoms with E-state index in [0.717, 1.165) is 37.0 Å². The number of rotatable bonds is 4. The monoisotopic (exact) mass is 318 g/mol. The van der Waals surface area contributed by atoms with E-state index >= 15 is 0 Å². The van der Waals surface area contributed by atoms with Gasteiger partial charge < -0.3 is 4.52 Å². The molecule has 3 fully saturated rings. The third kappa shape index (κ3) is 3.09. The molecule has 6 heteroatoms. The lowest BCUT2D eigenvalue weighted by Crippen LogP contribution is -2.43. The predicted octanol–water partition coefficient (Wildman–Crippen LogP) is 2.54. The Labute approximate surface area is 134 Å². The van der Waals surface area contributed by atoms with Crippen LogP contribution in [-0.2, 0) is 13.1 Å². The maximum Gasteiger partial charge on any atom is 0.150 e. The summed E-state index contributed by atoms with van der Waals surface area (Å²) >= 11 is 1.69. The van der Waals surface area contributed by atoms with Crippen LogP contribution >= 0.6 is 11.3 Å². The molecule has 0 aromatic carbocycles. The Morgan fingerprint density at radius 3 is 3.00 bits per heavy atom. The van der Waals surface area contributed by atoms with Crippen LogP contribution in [0.25, 0.3) is 0 Å². The SMILES string of the molecule is Cc1cc(CN2CC3CCC2CN(Cc2cscn2)C3)on1. The van der Waals surface area contributed by atoms with E-state index in [1.165, 1.54) is 31.6 Å². The number of hydrogen-bond donors (Lipinski definition) is 0. The van der Waals surface area contributed by atoms with Gasteiger partial charge in [-0.3, -0.25) is 9.80 Å². The van der Waals surface area contributed by atoms with Crippen LogP contribution in [0.4, 0.5) is 0 Å². The van der Waals surface area contributed by atoms with Crippen LogP contribution in [0.15, 0.2) is 21.5 Å². The zero-order valence-corrected chi connectivity index (χ0v) is 13.8. The lowest BCUT2D eigenvalue weighted by atomic mass is 9.95. The highest BCUT2D eigenvalue weighted by Gasteiger charge is 2.35. The van der Waals surface area contributed by atoms with Gasteiger partial charge in [0, 0.05) is 43.7 Å². The summed E-state index contributed by atoms with van der Waals surface area (Å²) < 4.78 is 5.41. The van der Waals surface area contributed by atoms with Crippen LogP contribution in [0.3, 0.4) is 0 Å². The summed E-state index contributed by atoms with van der Waals surface area (Å²) in [5.74, 6) is 1.76. The van der Waals surface area contributed by atoms with Crippen LogP contribution in [-0.4, -0.2) is 45.6 Å². The highest BCUT2D eigenvalue weighted by Crippen LogP contribution is 2.30. The lowest BCUT2D eigenvalue weighted by Gasteiger charge is -2.35. The summed E-state index contributed by atoms with van der Waals surface area (Å²) in [4.78, 5) is 9.62. The van der Waals surface area contributed by atoms with Crippen molar-refractivity contribution in [3.8, 4) is 0 Å². The number of piperidine rings is 1. The average molecular weight is 318 g/mol. The van der Waals surface area contributed by atoms with Gasteiger partial charge in [-0.2, -0.15) is 0 Å². The van der Waals surface area contributed by atoms with Gasteiger partial charge in [-0.25, -0.2) is 4.98 Å². The van der Waals surface area contributed by atoms with E-state index in [-0.39, 0.29) is 0 Å². The van der Waals surface area contributed by atoms with Gasteiger partial charge in [-0.15, -0.1) is 11.3 Å². The molecule has 2 aromatic heterocycles. The zero-order chi connectivity index (χ0) is 14.9. The molecule has 0 saturated carbocycles. The van der Waals surface area contributed by atoms with Crippen LogP contribution < -0.4 is 0 Å². The molecule has 118 valence electrons. The molecular formula is C16H22N4OS.